The van der Waals surface area contributed by atoms with Gasteiger partial charge in [0.25, 0.3) is 0 Å². The number of aliphatic hydroxyl groups excluding tert-OH is 1. The first kappa shape index (κ1) is 19.9. The Labute approximate surface area is 132 Å². The Bertz CT molecular complexity index is 421. The van der Waals surface area contributed by atoms with Gasteiger partial charge in [-0.15, -0.1) is 12.4 Å². The lowest BCUT2D eigenvalue weighted by Crippen LogP contribution is -2.51. The van der Waals surface area contributed by atoms with E-state index >= 15 is 0 Å². The van der Waals surface area contributed by atoms with E-state index in [4.69, 9.17) is 10.5 Å². The van der Waals surface area contributed by atoms with Crippen molar-refractivity contribution in [1.29, 1.82) is 0 Å². The number of hydrogen-bond acceptors (Lipinski definition) is 4. The first-order chi connectivity index (χ1) is 9.30. The van der Waals surface area contributed by atoms with Crippen LogP contribution in [0.25, 0.3) is 0 Å². The molecule has 5 nitrogen and oxygen atoms in total. The molecule has 1 unspecified atom stereocenters. The van der Waals surface area contributed by atoms with Crippen LogP contribution < -0.4 is 5.73 Å². The molecule has 0 aliphatic carbocycles. The van der Waals surface area contributed by atoms with Gasteiger partial charge in [0.2, 0.25) is 5.91 Å². The zero-order valence-electron chi connectivity index (χ0n) is 12.8. The van der Waals surface area contributed by atoms with Crippen LogP contribution in [0.15, 0.2) is 30.3 Å². The maximum atomic E-state index is 11.8. The second-order valence-corrected chi connectivity index (χ2v) is 5.56. The van der Waals surface area contributed by atoms with Crippen molar-refractivity contribution in [2.75, 3.05) is 20.2 Å². The molecule has 0 radical (unpaired) electrons. The summed E-state index contributed by atoms with van der Waals surface area (Å²) in [4.78, 5) is 13.3. The van der Waals surface area contributed by atoms with Crippen molar-refractivity contribution in [2.24, 2.45) is 5.73 Å². The largest absolute Gasteiger partial charge is 0.389 e. The molecule has 1 aromatic rings. The van der Waals surface area contributed by atoms with Crippen LogP contribution in [0.2, 0.25) is 0 Å². The summed E-state index contributed by atoms with van der Waals surface area (Å²) in [5.74, 6) is -0.209. The van der Waals surface area contributed by atoms with Crippen molar-refractivity contribution >= 4 is 18.3 Å². The molecular weight excluding hydrogens is 292 g/mol. The van der Waals surface area contributed by atoms with Crippen LogP contribution in [-0.2, 0) is 16.1 Å². The van der Waals surface area contributed by atoms with Crippen LogP contribution in [0.1, 0.15) is 19.4 Å². The summed E-state index contributed by atoms with van der Waals surface area (Å²) >= 11 is 0. The molecule has 3 N–H and O–H groups in total. The number of carbonyl (C=O) groups excluding carboxylic acids is 1. The average Bonchev–Trinajstić information content (AvgIpc) is 2.38. The van der Waals surface area contributed by atoms with Crippen LogP contribution in [0, 0.1) is 0 Å². The third kappa shape index (κ3) is 7.43. The number of amides is 1. The quantitative estimate of drug-likeness (QED) is 0.792. The summed E-state index contributed by atoms with van der Waals surface area (Å²) in [6.45, 7) is 4.11. The van der Waals surface area contributed by atoms with Crippen molar-refractivity contribution in [3.63, 3.8) is 0 Å². The van der Waals surface area contributed by atoms with Gasteiger partial charge in [-0.3, -0.25) is 4.79 Å². The van der Waals surface area contributed by atoms with E-state index < -0.39 is 11.6 Å². The third-order valence-corrected chi connectivity index (χ3v) is 2.80. The van der Waals surface area contributed by atoms with Gasteiger partial charge < -0.3 is 20.5 Å². The van der Waals surface area contributed by atoms with Gasteiger partial charge in [0.15, 0.2) is 0 Å². The molecule has 0 spiro atoms. The van der Waals surface area contributed by atoms with Gasteiger partial charge >= 0.3 is 0 Å². The standard InChI is InChI=1S/C15H24N2O3.ClH/c1-15(2,16)14(19)17(3)9-13(18)11-20-10-12-7-5-4-6-8-12;/h4-8,13,18H,9-11,16H2,1-3H3;1H. The predicted octanol–water partition coefficient (Wildman–Crippen LogP) is 1.18. The molecule has 120 valence electrons. The van der Waals surface area contributed by atoms with E-state index in [1.807, 2.05) is 30.3 Å². The van der Waals surface area contributed by atoms with Crippen molar-refractivity contribution in [1.82, 2.24) is 4.90 Å². The number of carbonyl (C=O) groups is 1. The SMILES string of the molecule is CN(CC(O)COCc1ccccc1)C(=O)C(C)(C)N.Cl. The Morgan fingerprint density at radius 3 is 2.48 bits per heavy atom. The highest BCUT2D eigenvalue weighted by Crippen LogP contribution is 2.05. The third-order valence-electron chi connectivity index (χ3n) is 2.80. The molecule has 0 bridgehead atoms. The number of nitrogens with two attached hydrogens (primary N) is 1. The normalized spacial score (nSPS) is 12.4. The minimum atomic E-state index is -0.931. The number of hydrogen-bond donors (Lipinski definition) is 2. The van der Waals surface area contributed by atoms with Gasteiger partial charge in [0.1, 0.15) is 0 Å². The number of ether oxygens (including phenoxy) is 1. The van der Waals surface area contributed by atoms with Crippen LogP contribution in [0.5, 0.6) is 0 Å². The molecule has 1 rings (SSSR count). The van der Waals surface area contributed by atoms with Gasteiger partial charge in [-0.05, 0) is 19.4 Å². The molecule has 0 saturated heterocycles. The minimum absolute atomic E-state index is 0. The minimum Gasteiger partial charge on any atom is -0.389 e. The first-order valence-electron chi connectivity index (χ1n) is 6.65. The van der Waals surface area contributed by atoms with Crippen LogP contribution in [0.3, 0.4) is 0 Å². The molecule has 0 saturated carbocycles. The van der Waals surface area contributed by atoms with E-state index in [1.165, 1.54) is 4.90 Å². The van der Waals surface area contributed by atoms with Crippen LogP contribution >= 0.6 is 12.4 Å². The van der Waals surface area contributed by atoms with Crippen LogP contribution in [-0.4, -0.2) is 47.8 Å². The van der Waals surface area contributed by atoms with Crippen molar-refractivity contribution in [3.8, 4) is 0 Å². The second kappa shape index (κ2) is 9.00. The Morgan fingerprint density at radius 2 is 1.95 bits per heavy atom. The fourth-order valence-corrected chi connectivity index (χ4v) is 1.83. The van der Waals surface area contributed by atoms with Crippen molar-refractivity contribution in [3.05, 3.63) is 35.9 Å². The lowest BCUT2D eigenvalue weighted by molar-refractivity contribution is -0.136. The fraction of sp³-hybridized carbons (Fsp3) is 0.533. The molecule has 0 aliphatic heterocycles. The lowest BCUT2D eigenvalue weighted by Gasteiger charge is -2.27. The topological polar surface area (TPSA) is 75.8 Å². The monoisotopic (exact) mass is 316 g/mol. The molecule has 21 heavy (non-hydrogen) atoms. The number of benzene rings is 1. The van der Waals surface area contributed by atoms with E-state index in [1.54, 1.807) is 20.9 Å². The first-order valence-corrected chi connectivity index (χ1v) is 6.65. The summed E-state index contributed by atoms with van der Waals surface area (Å²) in [7, 11) is 1.62. The van der Waals surface area contributed by atoms with Gasteiger partial charge in [-0.25, -0.2) is 0 Å². The maximum absolute atomic E-state index is 11.8. The summed E-state index contributed by atoms with van der Waals surface area (Å²) in [5, 5.41) is 9.85. The molecular formula is C15H25ClN2O3. The van der Waals surface area contributed by atoms with Gasteiger partial charge in [-0.1, -0.05) is 30.3 Å². The average molecular weight is 317 g/mol. The zero-order chi connectivity index (χ0) is 15.2. The fourth-order valence-electron chi connectivity index (χ4n) is 1.83. The highest BCUT2D eigenvalue weighted by molar-refractivity contribution is 5.85. The smallest absolute Gasteiger partial charge is 0.241 e. The molecule has 0 fully saturated rings. The molecule has 1 atom stereocenters. The summed E-state index contributed by atoms with van der Waals surface area (Å²) in [5.41, 5.74) is 5.84. The van der Waals surface area contributed by atoms with E-state index in [0.717, 1.165) is 5.56 Å². The van der Waals surface area contributed by atoms with E-state index in [9.17, 15) is 9.90 Å². The highest BCUT2D eigenvalue weighted by Gasteiger charge is 2.26. The maximum Gasteiger partial charge on any atom is 0.241 e. The number of halogens is 1. The Kier molecular flexibility index (Phi) is 8.51. The van der Waals surface area contributed by atoms with E-state index in [0.29, 0.717) is 6.61 Å². The summed E-state index contributed by atoms with van der Waals surface area (Å²) in [6, 6.07) is 9.72. The van der Waals surface area contributed by atoms with Gasteiger partial charge in [-0.2, -0.15) is 0 Å². The Hall–Kier alpha value is -1.14. The summed E-state index contributed by atoms with van der Waals surface area (Å²) < 4.78 is 5.43. The van der Waals surface area contributed by atoms with Gasteiger partial charge in [0.05, 0.1) is 24.9 Å². The predicted molar refractivity (Wildman–Crippen MR) is 85.3 cm³/mol. The molecule has 6 heteroatoms. The zero-order valence-corrected chi connectivity index (χ0v) is 13.6. The number of rotatable bonds is 7. The Morgan fingerprint density at radius 1 is 1.38 bits per heavy atom. The summed E-state index contributed by atoms with van der Waals surface area (Å²) in [6.07, 6.45) is -0.727. The molecule has 0 aliphatic rings. The highest BCUT2D eigenvalue weighted by atomic mass is 35.5. The van der Waals surface area contributed by atoms with Crippen molar-refractivity contribution in [2.45, 2.75) is 32.1 Å². The van der Waals surface area contributed by atoms with Crippen molar-refractivity contribution < 1.29 is 14.6 Å². The second-order valence-electron chi connectivity index (χ2n) is 5.56. The number of likely N-dealkylation sites (N-methyl/N-ethyl adjacent to an activating group) is 1. The van der Waals surface area contributed by atoms with Crippen LogP contribution in [0.4, 0.5) is 0 Å². The molecule has 0 heterocycles. The van der Waals surface area contributed by atoms with E-state index in [2.05, 4.69) is 0 Å². The molecule has 1 aromatic carbocycles. The van der Waals surface area contributed by atoms with Gasteiger partial charge in [0, 0.05) is 13.6 Å². The molecule has 0 aromatic heterocycles. The lowest BCUT2D eigenvalue weighted by atomic mass is 10.1. The Balaban J connectivity index is 0.00000400. The number of nitrogens with zero attached hydrogens (tertiary/aromatic N) is 1. The van der Waals surface area contributed by atoms with E-state index in [-0.39, 0.29) is 31.5 Å². The number of aliphatic hydroxyl groups is 1. The molecule has 1 amide bonds.